The van der Waals surface area contributed by atoms with Crippen molar-refractivity contribution >= 4 is 17.6 Å². The number of esters is 1. The number of amides is 1. The smallest absolute Gasteiger partial charge is 0.328 e. The highest BCUT2D eigenvalue weighted by molar-refractivity contribution is 6.00. The summed E-state index contributed by atoms with van der Waals surface area (Å²) in [6.45, 7) is 2.51. The van der Waals surface area contributed by atoms with Crippen molar-refractivity contribution in [2.24, 2.45) is 0 Å². The molecule has 2 rings (SSSR count). The van der Waals surface area contributed by atoms with E-state index in [4.69, 9.17) is 9.47 Å². The van der Waals surface area contributed by atoms with Crippen LogP contribution in [0.5, 0.6) is 5.75 Å². The van der Waals surface area contributed by atoms with Gasteiger partial charge in [-0.25, -0.2) is 4.79 Å². The molecule has 0 unspecified atom stereocenters. The molecule has 24 heavy (non-hydrogen) atoms. The van der Waals surface area contributed by atoms with Crippen LogP contribution in [0.4, 0.5) is 5.69 Å². The van der Waals surface area contributed by atoms with Gasteiger partial charge in [0.05, 0.1) is 18.6 Å². The third-order valence-electron chi connectivity index (χ3n) is 3.94. The summed E-state index contributed by atoms with van der Waals surface area (Å²) in [6, 6.07) is 3.33. The largest absolute Gasteiger partial charge is 0.494 e. The average Bonchev–Trinajstić information content (AvgIpc) is 2.60. The van der Waals surface area contributed by atoms with Gasteiger partial charge in [-0.1, -0.05) is 0 Å². The van der Waals surface area contributed by atoms with Gasteiger partial charge in [-0.2, -0.15) is 0 Å². The van der Waals surface area contributed by atoms with E-state index >= 15 is 0 Å². The predicted molar refractivity (Wildman–Crippen MR) is 85.0 cm³/mol. The monoisotopic (exact) mass is 336 g/mol. The Hall–Kier alpha value is -2.64. The third-order valence-corrected chi connectivity index (χ3v) is 3.94. The number of nitrogens with zero attached hydrogens (tertiary/aromatic N) is 2. The molecule has 0 aliphatic carbocycles. The summed E-state index contributed by atoms with van der Waals surface area (Å²) >= 11 is 0. The van der Waals surface area contributed by atoms with Crippen LogP contribution in [0.1, 0.15) is 36.5 Å². The van der Waals surface area contributed by atoms with E-state index in [1.807, 2.05) is 0 Å². The predicted octanol–water partition coefficient (Wildman–Crippen LogP) is 2.16. The number of ether oxygens (including phenoxy) is 2. The van der Waals surface area contributed by atoms with Crippen LogP contribution in [-0.2, 0) is 9.53 Å². The number of methoxy groups -OCH3 is 1. The molecule has 0 bridgehead atoms. The lowest BCUT2D eigenvalue weighted by Crippen LogP contribution is -2.48. The zero-order chi connectivity index (χ0) is 17.7. The van der Waals surface area contributed by atoms with E-state index in [0.29, 0.717) is 25.3 Å². The van der Waals surface area contributed by atoms with Crippen LogP contribution in [0.3, 0.4) is 0 Å². The number of nitro groups is 1. The fourth-order valence-electron chi connectivity index (χ4n) is 2.81. The Balaban J connectivity index is 2.40. The highest BCUT2D eigenvalue weighted by Crippen LogP contribution is 2.28. The number of benzene rings is 1. The zero-order valence-electron chi connectivity index (χ0n) is 13.7. The Morgan fingerprint density at radius 2 is 2.12 bits per heavy atom. The van der Waals surface area contributed by atoms with Crippen molar-refractivity contribution in [2.75, 3.05) is 20.3 Å². The summed E-state index contributed by atoms with van der Waals surface area (Å²) in [4.78, 5) is 36.8. The summed E-state index contributed by atoms with van der Waals surface area (Å²) in [7, 11) is 1.26. The highest BCUT2D eigenvalue weighted by atomic mass is 16.6. The van der Waals surface area contributed by atoms with E-state index in [9.17, 15) is 19.7 Å². The van der Waals surface area contributed by atoms with E-state index in [-0.39, 0.29) is 11.3 Å². The maximum absolute atomic E-state index is 12.9. The SMILES string of the molecule is CCOc1ccc([N+](=O)[O-])c(C(=O)N2CCCC[C@H]2C(=O)OC)c1. The van der Waals surface area contributed by atoms with Gasteiger partial charge >= 0.3 is 5.97 Å². The molecule has 1 fully saturated rings. The van der Waals surface area contributed by atoms with E-state index in [0.717, 1.165) is 12.8 Å². The summed E-state index contributed by atoms with van der Waals surface area (Å²) in [5, 5.41) is 11.3. The molecule has 0 radical (unpaired) electrons. The number of carbonyl (C=O) groups excluding carboxylic acids is 2. The van der Waals surface area contributed by atoms with Gasteiger partial charge in [-0.3, -0.25) is 14.9 Å². The Labute approximate surface area is 139 Å². The van der Waals surface area contributed by atoms with Gasteiger partial charge in [0, 0.05) is 12.6 Å². The number of carbonyl (C=O) groups is 2. The molecule has 0 spiro atoms. The van der Waals surface area contributed by atoms with Gasteiger partial charge < -0.3 is 14.4 Å². The molecule has 0 N–H and O–H groups in total. The molecule has 1 aromatic carbocycles. The normalized spacial score (nSPS) is 17.2. The second-order valence-corrected chi connectivity index (χ2v) is 5.40. The molecule has 1 amide bonds. The first-order valence-electron chi connectivity index (χ1n) is 7.79. The van der Waals surface area contributed by atoms with Crippen LogP contribution < -0.4 is 4.74 Å². The maximum atomic E-state index is 12.9. The molecule has 1 saturated heterocycles. The van der Waals surface area contributed by atoms with E-state index in [1.54, 1.807) is 6.92 Å². The van der Waals surface area contributed by atoms with Crippen molar-refractivity contribution in [3.63, 3.8) is 0 Å². The van der Waals surface area contributed by atoms with Gasteiger partial charge in [0.1, 0.15) is 17.4 Å². The van der Waals surface area contributed by atoms with E-state index in [1.165, 1.54) is 30.2 Å². The van der Waals surface area contributed by atoms with Crippen LogP contribution in [0.25, 0.3) is 0 Å². The molecule has 0 aromatic heterocycles. The topological polar surface area (TPSA) is 99.0 Å². The lowest BCUT2D eigenvalue weighted by molar-refractivity contribution is -0.385. The molecule has 130 valence electrons. The molecule has 1 atom stereocenters. The molecule has 8 heteroatoms. The number of hydrogen-bond acceptors (Lipinski definition) is 6. The Morgan fingerprint density at radius 1 is 1.38 bits per heavy atom. The fourth-order valence-corrected chi connectivity index (χ4v) is 2.81. The maximum Gasteiger partial charge on any atom is 0.328 e. The standard InChI is InChI=1S/C16H20N2O6/c1-3-24-11-7-8-13(18(21)22)12(10-11)15(19)17-9-5-4-6-14(17)16(20)23-2/h7-8,10,14H,3-6,9H2,1-2H3/t14-/m0/s1. The van der Waals surface area contributed by atoms with Crippen molar-refractivity contribution in [1.82, 2.24) is 4.90 Å². The molecule has 1 aliphatic heterocycles. The number of rotatable bonds is 5. The van der Waals surface area contributed by atoms with Crippen molar-refractivity contribution in [1.29, 1.82) is 0 Å². The summed E-state index contributed by atoms with van der Waals surface area (Å²) in [5.41, 5.74) is -0.389. The van der Waals surface area contributed by atoms with Crippen molar-refractivity contribution in [3.05, 3.63) is 33.9 Å². The Kier molecular flexibility index (Phi) is 5.73. The molecule has 8 nitrogen and oxygen atoms in total. The first-order chi connectivity index (χ1) is 11.5. The minimum atomic E-state index is -0.716. The van der Waals surface area contributed by atoms with Crippen molar-refractivity contribution < 1.29 is 24.0 Å². The van der Waals surface area contributed by atoms with E-state index in [2.05, 4.69) is 0 Å². The van der Waals surface area contributed by atoms with Crippen molar-refractivity contribution in [2.45, 2.75) is 32.2 Å². The summed E-state index contributed by atoms with van der Waals surface area (Å²) in [6.07, 6.45) is 2.01. The summed E-state index contributed by atoms with van der Waals surface area (Å²) in [5.74, 6) is -0.692. The molecule has 1 aliphatic rings. The summed E-state index contributed by atoms with van der Waals surface area (Å²) < 4.78 is 10.1. The first-order valence-corrected chi connectivity index (χ1v) is 7.79. The van der Waals surface area contributed by atoms with Gasteiger partial charge in [-0.15, -0.1) is 0 Å². The zero-order valence-corrected chi connectivity index (χ0v) is 13.7. The van der Waals surface area contributed by atoms with E-state index < -0.39 is 22.8 Å². The van der Waals surface area contributed by atoms with Crippen molar-refractivity contribution in [3.8, 4) is 5.75 Å². The van der Waals surface area contributed by atoms with Crippen LogP contribution in [0.2, 0.25) is 0 Å². The molecule has 0 saturated carbocycles. The van der Waals surface area contributed by atoms with Crippen LogP contribution in [0.15, 0.2) is 18.2 Å². The third kappa shape index (κ3) is 3.64. The van der Waals surface area contributed by atoms with Crippen LogP contribution >= 0.6 is 0 Å². The number of hydrogen-bond donors (Lipinski definition) is 0. The van der Waals surface area contributed by atoms with Gasteiger partial charge in [0.15, 0.2) is 0 Å². The molecular weight excluding hydrogens is 316 g/mol. The highest BCUT2D eigenvalue weighted by Gasteiger charge is 2.36. The molecular formula is C16H20N2O6. The quantitative estimate of drug-likeness (QED) is 0.464. The minimum Gasteiger partial charge on any atom is -0.494 e. The second kappa shape index (κ2) is 7.76. The lowest BCUT2D eigenvalue weighted by Gasteiger charge is -2.33. The van der Waals surface area contributed by atoms with Gasteiger partial charge in [0.2, 0.25) is 0 Å². The molecule has 1 heterocycles. The van der Waals surface area contributed by atoms with Gasteiger partial charge in [-0.05, 0) is 38.3 Å². The number of likely N-dealkylation sites (tertiary alicyclic amines) is 1. The Morgan fingerprint density at radius 3 is 2.75 bits per heavy atom. The van der Waals surface area contributed by atoms with Crippen LogP contribution in [0, 0.1) is 10.1 Å². The second-order valence-electron chi connectivity index (χ2n) is 5.40. The van der Waals surface area contributed by atoms with Crippen LogP contribution in [-0.4, -0.2) is 48.0 Å². The van der Waals surface area contributed by atoms with Gasteiger partial charge in [0.25, 0.3) is 11.6 Å². The minimum absolute atomic E-state index is 0.0817. The fraction of sp³-hybridized carbons (Fsp3) is 0.500. The first kappa shape index (κ1) is 17.7. The lowest BCUT2D eigenvalue weighted by atomic mass is 10.00. The average molecular weight is 336 g/mol. The Bertz CT molecular complexity index is 645. The molecule has 1 aromatic rings. The number of nitro benzene ring substituents is 1. The number of piperidine rings is 1.